The van der Waals surface area contributed by atoms with E-state index in [2.05, 4.69) is 15.3 Å². The Morgan fingerprint density at radius 2 is 1.93 bits per heavy atom. The number of esters is 1. The van der Waals surface area contributed by atoms with Gasteiger partial charge in [-0.15, -0.1) is 11.3 Å². The Bertz CT molecular complexity index is 1100. The number of hydrogen-bond donors (Lipinski definition) is 2. The number of amides is 1. The average Bonchev–Trinajstić information content (AvgIpc) is 2.95. The van der Waals surface area contributed by atoms with Gasteiger partial charge in [0.2, 0.25) is 5.91 Å². The standard InChI is InChI=1S/C21H23N3O4S/c1-11-13(3)29-21-18(11)20(27)23-19(24-21)12(2)28-17(26)10-16(22-14(4)25)15-8-6-5-7-9-15/h5-9,12,16H,10H2,1-4H3,(H,22,25)(H,23,24,27)/t12-,16+/m0/s1. The first-order chi connectivity index (χ1) is 13.8. The van der Waals surface area contributed by atoms with Crippen LogP contribution in [0.15, 0.2) is 35.1 Å². The van der Waals surface area contributed by atoms with E-state index in [4.69, 9.17) is 4.74 Å². The number of carbonyl (C=O) groups is 2. The van der Waals surface area contributed by atoms with Crippen LogP contribution in [0.25, 0.3) is 10.2 Å². The van der Waals surface area contributed by atoms with Crippen molar-refractivity contribution in [3.8, 4) is 0 Å². The maximum Gasteiger partial charge on any atom is 0.308 e. The number of benzene rings is 1. The second-order valence-corrected chi connectivity index (χ2v) is 8.12. The summed E-state index contributed by atoms with van der Waals surface area (Å²) in [5.41, 5.74) is 1.48. The summed E-state index contributed by atoms with van der Waals surface area (Å²) < 4.78 is 5.49. The fourth-order valence-electron chi connectivity index (χ4n) is 3.11. The van der Waals surface area contributed by atoms with Gasteiger partial charge in [0.15, 0.2) is 11.9 Å². The van der Waals surface area contributed by atoms with Crippen molar-refractivity contribution in [2.45, 2.75) is 46.3 Å². The van der Waals surface area contributed by atoms with Gasteiger partial charge >= 0.3 is 5.97 Å². The minimum absolute atomic E-state index is 0.0301. The van der Waals surface area contributed by atoms with E-state index in [0.29, 0.717) is 16.0 Å². The van der Waals surface area contributed by atoms with Gasteiger partial charge in [0.05, 0.1) is 17.8 Å². The molecular formula is C21H23N3O4S. The molecule has 7 nitrogen and oxygen atoms in total. The van der Waals surface area contributed by atoms with Crippen molar-refractivity contribution in [3.63, 3.8) is 0 Å². The maximum atomic E-state index is 12.5. The van der Waals surface area contributed by atoms with E-state index >= 15 is 0 Å². The van der Waals surface area contributed by atoms with E-state index in [9.17, 15) is 14.4 Å². The van der Waals surface area contributed by atoms with Gasteiger partial charge in [-0.05, 0) is 31.9 Å². The summed E-state index contributed by atoms with van der Waals surface area (Å²) in [6, 6.07) is 8.73. The summed E-state index contributed by atoms with van der Waals surface area (Å²) in [5, 5.41) is 3.34. The van der Waals surface area contributed by atoms with Crippen LogP contribution in [0.3, 0.4) is 0 Å². The first-order valence-corrected chi connectivity index (χ1v) is 10.1. The van der Waals surface area contributed by atoms with Crippen molar-refractivity contribution >= 4 is 33.4 Å². The number of thiophene rings is 1. The molecule has 2 atom stereocenters. The van der Waals surface area contributed by atoms with Crippen LogP contribution in [0.5, 0.6) is 0 Å². The van der Waals surface area contributed by atoms with E-state index in [1.807, 2.05) is 44.2 Å². The zero-order chi connectivity index (χ0) is 21.1. The van der Waals surface area contributed by atoms with Gasteiger partial charge in [0, 0.05) is 11.8 Å². The zero-order valence-corrected chi connectivity index (χ0v) is 17.6. The minimum Gasteiger partial charge on any atom is -0.454 e. The fourth-order valence-corrected chi connectivity index (χ4v) is 4.15. The van der Waals surface area contributed by atoms with Crippen LogP contribution in [0, 0.1) is 13.8 Å². The number of nitrogens with one attached hydrogen (secondary N) is 2. The zero-order valence-electron chi connectivity index (χ0n) is 16.7. The van der Waals surface area contributed by atoms with Crippen LogP contribution in [0.2, 0.25) is 0 Å². The third-order valence-corrected chi connectivity index (χ3v) is 5.80. The number of fused-ring (bicyclic) bond motifs is 1. The number of rotatable bonds is 6. The molecule has 3 rings (SSSR count). The molecule has 2 heterocycles. The molecule has 0 aliphatic carbocycles. The van der Waals surface area contributed by atoms with Crippen LogP contribution >= 0.6 is 11.3 Å². The molecule has 0 radical (unpaired) electrons. The van der Waals surface area contributed by atoms with Crippen molar-refractivity contribution < 1.29 is 14.3 Å². The summed E-state index contributed by atoms with van der Waals surface area (Å²) in [4.78, 5) is 45.3. The minimum atomic E-state index is -0.726. The Hall–Kier alpha value is -3.00. The van der Waals surface area contributed by atoms with E-state index < -0.39 is 18.1 Å². The van der Waals surface area contributed by atoms with Gasteiger partial charge in [-0.25, -0.2) is 4.98 Å². The van der Waals surface area contributed by atoms with Gasteiger partial charge < -0.3 is 15.0 Å². The number of hydrogen-bond acceptors (Lipinski definition) is 6. The third kappa shape index (κ3) is 4.71. The highest BCUT2D eigenvalue weighted by Crippen LogP contribution is 2.27. The lowest BCUT2D eigenvalue weighted by Gasteiger charge is -2.19. The number of aromatic amines is 1. The number of aryl methyl sites for hydroxylation is 2. The number of ether oxygens (including phenoxy) is 1. The Balaban J connectivity index is 1.76. The average molecular weight is 413 g/mol. The van der Waals surface area contributed by atoms with Gasteiger partial charge in [-0.2, -0.15) is 0 Å². The molecule has 0 fully saturated rings. The Morgan fingerprint density at radius 1 is 1.24 bits per heavy atom. The number of nitrogens with zero attached hydrogens (tertiary/aromatic N) is 1. The maximum absolute atomic E-state index is 12.5. The molecule has 0 unspecified atom stereocenters. The summed E-state index contributed by atoms with van der Waals surface area (Å²) in [7, 11) is 0. The van der Waals surface area contributed by atoms with Crippen molar-refractivity contribution in [1.82, 2.24) is 15.3 Å². The normalized spacial score (nSPS) is 13.1. The van der Waals surface area contributed by atoms with Crippen LogP contribution in [-0.4, -0.2) is 21.8 Å². The second-order valence-electron chi connectivity index (χ2n) is 6.91. The molecule has 1 aromatic carbocycles. The molecule has 0 saturated carbocycles. The highest BCUT2D eigenvalue weighted by atomic mass is 32.1. The predicted octanol–water partition coefficient (Wildman–Crippen LogP) is 3.47. The van der Waals surface area contributed by atoms with Crippen molar-refractivity contribution in [1.29, 1.82) is 0 Å². The molecular weight excluding hydrogens is 390 g/mol. The van der Waals surface area contributed by atoms with Crippen LogP contribution in [0.4, 0.5) is 0 Å². The molecule has 0 spiro atoms. The summed E-state index contributed by atoms with van der Waals surface area (Å²) in [6.45, 7) is 6.89. The Morgan fingerprint density at radius 3 is 2.59 bits per heavy atom. The lowest BCUT2D eigenvalue weighted by atomic mass is 10.0. The largest absolute Gasteiger partial charge is 0.454 e. The first-order valence-electron chi connectivity index (χ1n) is 9.27. The van der Waals surface area contributed by atoms with Crippen molar-refractivity contribution in [3.05, 3.63) is 62.5 Å². The quantitative estimate of drug-likeness (QED) is 0.603. The first kappa shape index (κ1) is 20.7. The molecule has 29 heavy (non-hydrogen) atoms. The monoisotopic (exact) mass is 413 g/mol. The molecule has 152 valence electrons. The molecule has 8 heteroatoms. The van der Waals surface area contributed by atoms with E-state index in [1.165, 1.54) is 18.3 Å². The van der Waals surface area contributed by atoms with E-state index in [-0.39, 0.29) is 17.9 Å². The van der Waals surface area contributed by atoms with Crippen molar-refractivity contribution in [2.75, 3.05) is 0 Å². The SMILES string of the molecule is CC(=O)N[C@H](CC(=O)O[C@@H](C)c1nc2sc(C)c(C)c2c(=O)[nH]1)c1ccccc1. The number of H-pyrrole nitrogens is 1. The molecule has 0 saturated heterocycles. The predicted molar refractivity (Wildman–Crippen MR) is 112 cm³/mol. The number of aromatic nitrogens is 2. The molecule has 1 amide bonds. The fraction of sp³-hybridized carbons (Fsp3) is 0.333. The van der Waals surface area contributed by atoms with Crippen LogP contribution in [0.1, 0.15) is 54.2 Å². The molecule has 0 bridgehead atoms. The molecule has 3 aromatic rings. The van der Waals surface area contributed by atoms with Gasteiger partial charge in [-0.1, -0.05) is 30.3 Å². The summed E-state index contributed by atoms with van der Waals surface area (Å²) >= 11 is 1.44. The molecule has 2 N–H and O–H groups in total. The van der Waals surface area contributed by atoms with Crippen molar-refractivity contribution in [2.24, 2.45) is 0 Å². The van der Waals surface area contributed by atoms with Crippen LogP contribution in [-0.2, 0) is 14.3 Å². The van der Waals surface area contributed by atoms with Gasteiger partial charge in [0.25, 0.3) is 5.56 Å². The van der Waals surface area contributed by atoms with E-state index in [1.54, 1.807) is 6.92 Å². The molecule has 0 aliphatic rings. The van der Waals surface area contributed by atoms with Gasteiger partial charge in [0.1, 0.15) is 4.83 Å². The lowest BCUT2D eigenvalue weighted by molar-refractivity contribution is -0.149. The van der Waals surface area contributed by atoms with Gasteiger partial charge in [-0.3, -0.25) is 14.4 Å². The molecule has 2 aromatic heterocycles. The van der Waals surface area contributed by atoms with Crippen LogP contribution < -0.4 is 10.9 Å². The third-order valence-electron chi connectivity index (χ3n) is 4.70. The Labute approximate surface area is 172 Å². The molecule has 0 aliphatic heterocycles. The highest BCUT2D eigenvalue weighted by Gasteiger charge is 2.22. The smallest absolute Gasteiger partial charge is 0.308 e. The summed E-state index contributed by atoms with van der Waals surface area (Å²) in [6.07, 6.45) is -0.756. The Kier molecular flexibility index (Phi) is 6.12. The van der Waals surface area contributed by atoms with E-state index in [0.717, 1.165) is 16.0 Å². The topological polar surface area (TPSA) is 101 Å². The summed E-state index contributed by atoms with van der Waals surface area (Å²) in [5.74, 6) is -0.436. The number of carbonyl (C=O) groups excluding carboxylic acids is 2. The lowest BCUT2D eigenvalue weighted by Crippen LogP contribution is -2.29. The highest BCUT2D eigenvalue weighted by molar-refractivity contribution is 7.18. The second kappa shape index (κ2) is 8.57.